The standard InChI is InChI=1S/C30H47F2N5O5S/c1-18-7-9-21(10-8-18)25(42-28(40)35-29(4,5)6)26(39)34-27-33-13-23(43-27)22(15-36-14-20(3)41-16-19(36)2)37-17-30(31,32)12-11-24(37)38/h13,18-22,25H,7-12,14-17H2,1-6H3,(H,35,40)(H,33,34,39)/t18?,19-,20+,21?,22?,25?/m0/s1. The summed E-state index contributed by atoms with van der Waals surface area (Å²) < 4.78 is 40.6. The Morgan fingerprint density at radius 3 is 2.58 bits per heavy atom. The maximum Gasteiger partial charge on any atom is 0.408 e. The molecule has 4 rings (SSSR count). The molecule has 3 amide bonds. The predicted octanol–water partition coefficient (Wildman–Crippen LogP) is 5.21. The van der Waals surface area contributed by atoms with Crippen molar-refractivity contribution in [2.24, 2.45) is 11.8 Å². The Hall–Kier alpha value is -2.38. The van der Waals surface area contributed by atoms with Crippen LogP contribution in [0.1, 0.15) is 91.0 Å². The molecule has 1 aromatic heterocycles. The molecule has 13 heteroatoms. The van der Waals surface area contributed by atoms with Crippen LogP contribution in [0.15, 0.2) is 6.20 Å². The van der Waals surface area contributed by atoms with Gasteiger partial charge in [0.2, 0.25) is 5.91 Å². The predicted molar refractivity (Wildman–Crippen MR) is 160 cm³/mol. The van der Waals surface area contributed by atoms with Crippen LogP contribution in [0.25, 0.3) is 0 Å². The van der Waals surface area contributed by atoms with E-state index in [2.05, 4.69) is 27.4 Å². The molecule has 1 aliphatic carbocycles. The largest absolute Gasteiger partial charge is 0.436 e. The van der Waals surface area contributed by atoms with Crippen molar-refractivity contribution < 1.29 is 32.6 Å². The van der Waals surface area contributed by atoms with Crippen LogP contribution in [0.2, 0.25) is 0 Å². The van der Waals surface area contributed by atoms with Gasteiger partial charge in [0.15, 0.2) is 11.2 Å². The minimum atomic E-state index is -2.98. The maximum atomic E-state index is 14.6. The highest BCUT2D eigenvalue weighted by Gasteiger charge is 2.44. The van der Waals surface area contributed by atoms with E-state index in [1.54, 1.807) is 6.20 Å². The average molecular weight is 628 g/mol. The fourth-order valence-corrected chi connectivity index (χ4v) is 6.93. The van der Waals surface area contributed by atoms with Gasteiger partial charge in [-0.05, 0) is 53.4 Å². The van der Waals surface area contributed by atoms with E-state index in [1.807, 2.05) is 34.6 Å². The zero-order chi connectivity index (χ0) is 31.5. The molecule has 0 bridgehead atoms. The van der Waals surface area contributed by atoms with Crippen molar-refractivity contribution in [3.8, 4) is 0 Å². The number of hydrogen-bond donors (Lipinski definition) is 2. The molecule has 10 nitrogen and oxygen atoms in total. The second-order valence-electron chi connectivity index (χ2n) is 13.6. The molecule has 0 spiro atoms. The van der Waals surface area contributed by atoms with Gasteiger partial charge in [0.25, 0.3) is 11.8 Å². The van der Waals surface area contributed by atoms with Crippen LogP contribution < -0.4 is 10.6 Å². The van der Waals surface area contributed by atoms with Crippen LogP contribution in [0.5, 0.6) is 0 Å². The van der Waals surface area contributed by atoms with Crippen molar-refractivity contribution in [2.75, 3.05) is 31.6 Å². The van der Waals surface area contributed by atoms with Gasteiger partial charge in [0.1, 0.15) is 0 Å². The minimum absolute atomic E-state index is 0.0261. The molecular formula is C30H47F2N5O5S. The lowest BCUT2D eigenvalue weighted by molar-refractivity contribution is -0.153. The molecule has 4 atom stereocenters. The smallest absolute Gasteiger partial charge is 0.408 e. The summed E-state index contributed by atoms with van der Waals surface area (Å²) in [6.45, 7) is 12.4. The van der Waals surface area contributed by atoms with Crippen molar-refractivity contribution in [2.45, 2.75) is 116 Å². The maximum absolute atomic E-state index is 14.6. The van der Waals surface area contributed by atoms with Gasteiger partial charge < -0.3 is 19.7 Å². The topological polar surface area (TPSA) is 113 Å². The quantitative estimate of drug-likeness (QED) is 0.407. The Kier molecular flexibility index (Phi) is 10.7. The lowest BCUT2D eigenvalue weighted by atomic mass is 9.80. The van der Waals surface area contributed by atoms with Crippen molar-refractivity contribution in [3.05, 3.63) is 11.1 Å². The van der Waals surface area contributed by atoms with Gasteiger partial charge in [-0.25, -0.2) is 18.6 Å². The van der Waals surface area contributed by atoms with E-state index in [4.69, 9.17) is 9.47 Å². The summed E-state index contributed by atoms with van der Waals surface area (Å²) >= 11 is 1.15. The molecule has 2 N–H and O–H groups in total. The number of nitrogens with zero attached hydrogens (tertiary/aromatic N) is 3. The summed E-state index contributed by atoms with van der Waals surface area (Å²) in [6, 6.07) is -0.624. The van der Waals surface area contributed by atoms with E-state index < -0.39 is 48.6 Å². The first-order valence-electron chi connectivity index (χ1n) is 15.4. The lowest BCUT2D eigenvalue weighted by Gasteiger charge is -2.43. The van der Waals surface area contributed by atoms with Gasteiger partial charge >= 0.3 is 6.09 Å². The number of hydrogen-bond acceptors (Lipinski definition) is 8. The van der Waals surface area contributed by atoms with E-state index in [0.717, 1.165) is 37.0 Å². The van der Waals surface area contributed by atoms with Crippen LogP contribution in [0, 0.1) is 11.8 Å². The number of piperidine rings is 1. The van der Waals surface area contributed by atoms with Crippen molar-refractivity contribution >= 4 is 34.4 Å². The number of morpholine rings is 1. The third kappa shape index (κ3) is 9.31. The monoisotopic (exact) mass is 627 g/mol. The van der Waals surface area contributed by atoms with Crippen LogP contribution in [-0.4, -0.2) is 88.6 Å². The van der Waals surface area contributed by atoms with E-state index in [-0.39, 0.29) is 35.5 Å². The fraction of sp³-hybridized carbons (Fsp3) is 0.800. The average Bonchev–Trinajstić information content (AvgIpc) is 3.37. The van der Waals surface area contributed by atoms with E-state index in [0.29, 0.717) is 30.5 Å². The molecule has 1 aromatic rings. The molecule has 43 heavy (non-hydrogen) atoms. The number of rotatable bonds is 8. The molecule has 0 aromatic carbocycles. The number of anilines is 1. The zero-order valence-electron chi connectivity index (χ0n) is 26.2. The van der Waals surface area contributed by atoms with E-state index in [9.17, 15) is 23.2 Å². The fourth-order valence-electron chi connectivity index (χ4n) is 6.00. The number of ether oxygens (including phenoxy) is 2. The number of carbonyl (C=O) groups is 3. The first-order valence-corrected chi connectivity index (χ1v) is 16.2. The van der Waals surface area contributed by atoms with Crippen LogP contribution >= 0.6 is 11.3 Å². The molecule has 1 saturated carbocycles. The molecule has 0 radical (unpaired) electrons. The molecule has 3 heterocycles. The Morgan fingerprint density at radius 1 is 1.21 bits per heavy atom. The van der Waals surface area contributed by atoms with Crippen molar-refractivity contribution in [3.63, 3.8) is 0 Å². The van der Waals surface area contributed by atoms with E-state index >= 15 is 0 Å². The summed E-state index contributed by atoms with van der Waals surface area (Å²) in [5.74, 6) is -3.37. The Balaban J connectivity index is 1.54. The highest BCUT2D eigenvalue weighted by molar-refractivity contribution is 7.15. The number of alkyl halides is 2. The lowest BCUT2D eigenvalue weighted by Crippen LogP contribution is -2.54. The summed E-state index contributed by atoms with van der Waals surface area (Å²) in [5.41, 5.74) is -0.531. The van der Waals surface area contributed by atoms with Crippen LogP contribution in [0.4, 0.5) is 18.7 Å². The number of thiazole rings is 1. The molecule has 2 aliphatic heterocycles. The summed E-state index contributed by atoms with van der Waals surface area (Å²) in [4.78, 5) is 47.6. The second kappa shape index (κ2) is 13.7. The normalized spacial score (nSPS) is 28.2. The molecule has 242 valence electrons. The Morgan fingerprint density at radius 2 is 1.91 bits per heavy atom. The van der Waals surface area contributed by atoms with Crippen molar-refractivity contribution in [1.29, 1.82) is 0 Å². The molecular weight excluding hydrogens is 580 g/mol. The second-order valence-corrected chi connectivity index (χ2v) is 14.7. The van der Waals surface area contributed by atoms with Gasteiger partial charge in [0.05, 0.1) is 30.2 Å². The molecule has 2 saturated heterocycles. The zero-order valence-corrected chi connectivity index (χ0v) is 27.0. The van der Waals surface area contributed by atoms with Gasteiger partial charge in [-0.15, -0.1) is 0 Å². The first-order chi connectivity index (χ1) is 20.1. The van der Waals surface area contributed by atoms with Crippen molar-refractivity contribution in [1.82, 2.24) is 20.1 Å². The van der Waals surface area contributed by atoms with Gasteiger partial charge in [-0.2, -0.15) is 0 Å². The number of aromatic nitrogens is 1. The number of likely N-dealkylation sites (tertiary alicyclic amines) is 1. The van der Waals surface area contributed by atoms with Crippen LogP contribution in [0.3, 0.4) is 0 Å². The number of nitrogens with one attached hydrogen (secondary N) is 2. The van der Waals surface area contributed by atoms with Crippen LogP contribution in [-0.2, 0) is 19.1 Å². The SMILES string of the molecule is CC1CCC(C(OC(=O)NC(C)(C)C)C(=O)Nc2ncc(C(CN3C[C@@H](C)OC[C@@H]3C)N3CC(F)(F)CCC3=O)s2)CC1. The number of amides is 3. The summed E-state index contributed by atoms with van der Waals surface area (Å²) in [7, 11) is 0. The summed E-state index contributed by atoms with van der Waals surface area (Å²) in [5, 5.41) is 5.85. The number of halogens is 2. The van der Waals surface area contributed by atoms with Gasteiger partial charge in [-0.3, -0.25) is 19.8 Å². The molecule has 3 fully saturated rings. The first kappa shape index (κ1) is 33.5. The summed E-state index contributed by atoms with van der Waals surface area (Å²) in [6.07, 6.45) is 2.56. The van der Waals surface area contributed by atoms with Gasteiger partial charge in [-0.1, -0.05) is 31.1 Å². The number of alkyl carbamates (subject to hydrolysis) is 1. The number of carbonyl (C=O) groups excluding carboxylic acids is 3. The highest BCUT2D eigenvalue weighted by Crippen LogP contribution is 2.37. The molecule has 3 aliphatic rings. The third-order valence-corrected chi connectivity index (χ3v) is 9.50. The Bertz CT molecular complexity index is 1140. The molecule has 2 unspecified atom stereocenters. The Labute approximate surface area is 257 Å². The third-order valence-electron chi connectivity index (χ3n) is 8.49. The van der Waals surface area contributed by atoms with E-state index in [1.165, 1.54) is 4.90 Å². The van der Waals surface area contributed by atoms with Gasteiger partial charge in [0, 0.05) is 49.6 Å². The minimum Gasteiger partial charge on any atom is -0.436 e. The highest BCUT2D eigenvalue weighted by atomic mass is 32.1.